The van der Waals surface area contributed by atoms with Crippen LogP contribution in [0.25, 0.3) is 0 Å². The Bertz CT molecular complexity index is 489. The number of nitrogens with one attached hydrogen (secondary N) is 1. The number of likely N-dealkylation sites (N-methyl/N-ethyl adjacent to an activating group) is 1. The molecule has 6 heteroatoms. The van der Waals surface area contributed by atoms with Gasteiger partial charge in [0.2, 0.25) is 0 Å². The molecular weight excluding hydrogens is 261 g/mol. The van der Waals surface area contributed by atoms with E-state index in [1.165, 1.54) is 17.6 Å². The Hall–Kier alpha value is -1.04. The number of benzene rings is 1. The fourth-order valence-electron chi connectivity index (χ4n) is 1.58. The van der Waals surface area contributed by atoms with E-state index in [-0.39, 0.29) is 11.1 Å². The van der Waals surface area contributed by atoms with Crippen molar-refractivity contribution in [2.75, 3.05) is 7.05 Å². The molecule has 0 bridgehead atoms. The van der Waals surface area contributed by atoms with E-state index >= 15 is 0 Å². The number of aromatic nitrogens is 2. The lowest BCUT2D eigenvalue weighted by molar-refractivity contribution is 0.597. The van der Waals surface area contributed by atoms with E-state index in [4.69, 9.17) is 11.6 Å². The molecule has 0 radical (unpaired) electrons. The van der Waals surface area contributed by atoms with Crippen molar-refractivity contribution >= 4 is 23.1 Å². The van der Waals surface area contributed by atoms with Gasteiger partial charge in [-0.15, -0.1) is 5.10 Å². The first kappa shape index (κ1) is 12.4. The highest BCUT2D eigenvalue weighted by atomic mass is 35.5. The highest BCUT2D eigenvalue weighted by molar-refractivity contribution is 7.05. The normalized spacial score (nSPS) is 12.6. The number of rotatable bonds is 4. The minimum Gasteiger partial charge on any atom is -0.312 e. The molecule has 1 aromatic heterocycles. The van der Waals surface area contributed by atoms with E-state index in [9.17, 15) is 4.39 Å². The summed E-state index contributed by atoms with van der Waals surface area (Å²) in [5, 5.41) is 7.14. The summed E-state index contributed by atoms with van der Waals surface area (Å²) < 4.78 is 16.9. The third kappa shape index (κ3) is 3.00. The number of hydrogen-bond acceptors (Lipinski definition) is 4. The van der Waals surface area contributed by atoms with Gasteiger partial charge < -0.3 is 5.32 Å². The lowest BCUT2D eigenvalue weighted by Crippen LogP contribution is -2.17. The van der Waals surface area contributed by atoms with Gasteiger partial charge in [0.15, 0.2) is 0 Å². The molecule has 2 rings (SSSR count). The van der Waals surface area contributed by atoms with Crippen LogP contribution in [0.5, 0.6) is 0 Å². The van der Waals surface area contributed by atoms with E-state index in [1.54, 1.807) is 18.3 Å². The molecule has 17 heavy (non-hydrogen) atoms. The first-order valence-corrected chi connectivity index (χ1v) is 6.24. The Balaban J connectivity index is 2.16. The van der Waals surface area contributed by atoms with Crippen LogP contribution in [-0.2, 0) is 6.42 Å². The highest BCUT2D eigenvalue weighted by Crippen LogP contribution is 2.23. The van der Waals surface area contributed by atoms with Gasteiger partial charge in [0.05, 0.1) is 16.1 Å². The average Bonchev–Trinajstić information content (AvgIpc) is 2.84. The van der Waals surface area contributed by atoms with Crippen molar-refractivity contribution in [3.8, 4) is 0 Å². The van der Waals surface area contributed by atoms with Crippen LogP contribution < -0.4 is 5.32 Å². The Morgan fingerprint density at radius 2 is 2.35 bits per heavy atom. The predicted octanol–water partition coefficient (Wildman–Crippen LogP) is 2.83. The molecule has 90 valence electrons. The molecule has 0 saturated heterocycles. The lowest BCUT2D eigenvalue weighted by atomic mass is 10.1. The fraction of sp³-hybridized carbons (Fsp3) is 0.273. The number of halogens is 2. The van der Waals surface area contributed by atoms with E-state index < -0.39 is 5.82 Å². The number of nitrogens with zero attached hydrogens (tertiary/aromatic N) is 2. The van der Waals surface area contributed by atoms with Gasteiger partial charge in [-0.1, -0.05) is 22.2 Å². The molecule has 0 spiro atoms. The second-order valence-electron chi connectivity index (χ2n) is 3.61. The van der Waals surface area contributed by atoms with Crippen molar-refractivity contribution in [1.29, 1.82) is 0 Å². The fourth-order valence-corrected chi connectivity index (χ4v) is 2.39. The van der Waals surface area contributed by atoms with Gasteiger partial charge in [0.25, 0.3) is 0 Å². The van der Waals surface area contributed by atoms with Gasteiger partial charge in [-0.3, -0.25) is 0 Å². The quantitative estimate of drug-likeness (QED) is 0.929. The molecule has 0 amide bonds. The minimum absolute atomic E-state index is 0.122. The molecule has 1 aromatic carbocycles. The third-order valence-electron chi connectivity index (χ3n) is 2.49. The Morgan fingerprint density at radius 1 is 1.53 bits per heavy atom. The van der Waals surface area contributed by atoms with Crippen molar-refractivity contribution < 1.29 is 4.39 Å². The average molecular weight is 272 g/mol. The zero-order chi connectivity index (χ0) is 12.3. The van der Waals surface area contributed by atoms with Crippen LogP contribution in [0.15, 0.2) is 24.4 Å². The van der Waals surface area contributed by atoms with Crippen LogP contribution in [0, 0.1) is 5.82 Å². The molecule has 2 aromatic rings. The second-order valence-corrected chi connectivity index (χ2v) is 4.84. The highest BCUT2D eigenvalue weighted by Gasteiger charge is 2.13. The summed E-state index contributed by atoms with van der Waals surface area (Å²) in [6.07, 6.45) is 2.46. The van der Waals surface area contributed by atoms with E-state index in [1.807, 2.05) is 7.05 Å². The van der Waals surface area contributed by atoms with Crippen molar-refractivity contribution in [3.63, 3.8) is 0 Å². The maximum atomic E-state index is 13.0. The van der Waals surface area contributed by atoms with Crippen molar-refractivity contribution in [3.05, 3.63) is 45.7 Å². The molecular formula is C11H11ClFN3S. The number of hydrogen-bond donors (Lipinski definition) is 1. The van der Waals surface area contributed by atoms with Gasteiger partial charge in [-0.25, -0.2) is 4.39 Å². The van der Waals surface area contributed by atoms with Gasteiger partial charge in [0, 0.05) is 6.04 Å². The summed E-state index contributed by atoms with van der Waals surface area (Å²) in [6, 6.07) is 4.89. The molecule has 0 saturated carbocycles. The van der Waals surface area contributed by atoms with Gasteiger partial charge in [0.1, 0.15) is 5.82 Å². The molecule has 0 fully saturated rings. The van der Waals surface area contributed by atoms with E-state index in [0.717, 1.165) is 16.9 Å². The van der Waals surface area contributed by atoms with E-state index in [2.05, 4.69) is 14.9 Å². The maximum absolute atomic E-state index is 13.0. The SMILES string of the molecule is CNC(Cc1ccc(F)c(Cl)c1)c1cnns1. The van der Waals surface area contributed by atoms with Gasteiger partial charge >= 0.3 is 0 Å². The van der Waals surface area contributed by atoms with Crippen LogP contribution in [0.1, 0.15) is 16.5 Å². The van der Waals surface area contributed by atoms with E-state index in [0.29, 0.717) is 0 Å². The summed E-state index contributed by atoms with van der Waals surface area (Å²) >= 11 is 7.10. The maximum Gasteiger partial charge on any atom is 0.141 e. The first-order chi connectivity index (χ1) is 8.20. The Kier molecular flexibility index (Phi) is 4.04. The molecule has 1 atom stereocenters. The molecule has 1 unspecified atom stereocenters. The van der Waals surface area contributed by atoms with Gasteiger partial charge in [-0.2, -0.15) is 0 Å². The van der Waals surface area contributed by atoms with Gasteiger partial charge in [-0.05, 0) is 42.7 Å². The molecule has 3 nitrogen and oxygen atoms in total. The Morgan fingerprint density at radius 3 is 2.94 bits per heavy atom. The monoisotopic (exact) mass is 271 g/mol. The van der Waals surface area contributed by atoms with Crippen LogP contribution in [0.4, 0.5) is 4.39 Å². The van der Waals surface area contributed by atoms with Crippen molar-refractivity contribution in [2.45, 2.75) is 12.5 Å². The minimum atomic E-state index is -0.393. The summed E-state index contributed by atoms with van der Waals surface area (Å²) in [5.74, 6) is -0.393. The summed E-state index contributed by atoms with van der Waals surface area (Å²) in [5.41, 5.74) is 0.976. The van der Waals surface area contributed by atoms with Crippen LogP contribution in [-0.4, -0.2) is 16.6 Å². The van der Waals surface area contributed by atoms with Crippen LogP contribution >= 0.6 is 23.1 Å². The van der Waals surface area contributed by atoms with Crippen molar-refractivity contribution in [2.24, 2.45) is 0 Å². The third-order valence-corrected chi connectivity index (χ3v) is 3.56. The molecule has 1 N–H and O–H groups in total. The summed E-state index contributed by atoms with van der Waals surface area (Å²) in [6.45, 7) is 0. The molecule has 0 aliphatic carbocycles. The topological polar surface area (TPSA) is 37.8 Å². The van der Waals surface area contributed by atoms with Crippen LogP contribution in [0.3, 0.4) is 0 Å². The van der Waals surface area contributed by atoms with Crippen molar-refractivity contribution in [1.82, 2.24) is 14.9 Å². The summed E-state index contributed by atoms with van der Waals surface area (Å²) in [7, 11) is 1.87. The van der Waals surface area contributed by atoms with Crippen LogP contribution in [0.2, 0.25) is 5.02 Å². The second kappa shape index (κ2) is 5.53. The zero-order valence-corrected chi connectivity index (χ0v) is 10.7. The molecule has 0 aliphatic rings. The summed E-state index contributed by atoms with van der Waals surface area (Å²) in [4.78, 5) is 1.05. The smallest absolute Gasteiger partial charge is 0.141 e. The largest absolute Gasteiger partial charge is 0.312 e. The standard InChI is InChI=1S/C11H11ClFN3S/c1-14-10(11-6-15-16-17-11)5-7-2-3-9(13)8(12)4-7/h2-4,6,10,14H,5H2,1H3. The Labute approximate surface area is 108 Å². The molecule has 1 heterocycles. The predicted molar refractivity (Wildman–Crippen MR) is 66.8 cm³/mol. The molecule has 0 aliphatic heterocycles. The lowest BCUT2D eigenvalue weighted by Gasteiger charge is -2.13. The zero-order valence-electron chi connectivity index (χ0n) is 9.15. The first-order valence-electron chi connectivity index (χ1n) is 5.09.